The molecule has 2 rings (SSSR count). The Labute approximate surface area is 107 Å². The van der Waals surface area contributed by atoms with Crippen molar-refractivity contribution in [1.82, 2.24) is 9.97 Å². The van der Waals surface area contributed by atoms with Gasteiger partial charge in [-0.2, -0.15) is 0 Å². The second-order valence-electron chi connectivity index (χ2n) is 3.23. The first kappa shape index (κ1) is 11.7. The van der Waals surface area contributed by atoms with Crippen LogP contribution in [0.25, 0.3) is 11.4 Å². The number of aldehydes is 1. The summed E-state index contributed by atoms with van der Waals surface area (Å²) in [4.78, 5) is 18.5. The van der Waals surface area contributed by atoms with E-state index in [9.17, 15) is 4.79 Å². The van der Waals surface area contributed by atoms with Gasteiger partial charge >= 0.3 is 0 Å². The van der Waals surface area contributed by atoms with Crippen LogP contribution in [0.1, 0.15) is 0 Å². The van der Waals surface area contributed by atoms with Crippen LogP contribution in [0.5, 0.6) is 5.75 Å². The van der Waals surface area contributed by atoms with Crippen molar-refractivity contribution in [2.24, 2.45) is 0 Å². The number of carbonyl (C=O) groups excluding carboxylic acids is 1. The molecule has 4 nitrogen and oxygen atoms in total. The van der Waals surface area contributed by atoms with Crippen molar-refractivity contribution in [2.75, 3.05) is 6.61 Å². The van der Waals surface area contributed by atoms with Crippen molar-refractivity contribution >= 4 is 22.2 Å². The molecule has 0 radical (unpaired) electrons. The summed E-state index contributed by atoms with van der Waals surface area (Å²) in [5.41, 5.74) is 0.926. The van der Waals surface area contributed by atoms with E-state index in [1.807, 2.05) is 24.3 Å². The van der Waals surface area contributed by atoms with Gasteiger partial charge in [0.05, 0.1) is 12.4 Å². The molecule has 0 aliphatic rings. The lowest BCUT2D eigenvalue weighted by molar-refractivity contribution is -0.109. The van der Waals surface area contributed by atoms with E-state index in [0.29, 0.717) is 17.9 Å². The summed E-state index contributed by atoms with van der Waals surface area (Å²) in [6.07, 6.45) is 3.78. The van der Waals surface area contributed by atoms with Gasteiger partial charge in [0.1, 0.15) is 6.61 Å². The van der Waals surface area contributed by atoms with Crippen LogP contribution in [0, 0.1) is 0 Å². The van der Waals surface area contributed by atoms with Crippen LogP contribution in [-0.4, -0.2) is 22.9 Å². The topological polar surface area (TPSA) is 52.1 Å². The first-order valence-electron chi connectivity index (χ1n) is 4.94. The quantitative estimate of drug-likeness (QED) is 0.813. The molecule has 0 aliphatic heterocycles. The Morgan fingerprint density at radius 3 is 2.41 bits per heavy atom. The number of carbonyl (C=O) groups is 1. The molecule has 0 spiro atoms. The highest BCUT2D eigenvalue weighted by Gasteiger charge is 2.01. The van der Waals surface area contributed by atoms with E-state index in [0.717, 1.165) is 10.0 Å². The third-order valence-electron chi connectivity index (χ3n) is 2.05. The minimum absolute atomic E-state index is 0.0149. The highest BCUT2D eigenvalue weighted by molar-refractivity contribution is 9.10. The van der Waals surface area contributed by atoms with Gasteiger partial charge in [-0.15, -0.1) is 0 Å². The molecule has 17 heavy (non-hydrogen) atoms. The van der Waals surface area contributed by atoms with Gasteiger partial charge in [0.2, 0.25) is 0 Å². The molecule has 5 heteroatoms. The highest BCUT2D eigenvalue weighted by atomic mass is 79.9. The number of nitrogens with zero attached hydrogens (tertiary/aromatic N) is 2. The summed E-state index contributed by atoms with van der Waals surface area (Å²) in [6, 6.07) is 7.70. The molecule has 0 saturated heterocycles. The van der Waals surface area contributed by atoms with E-state index in [1.54, 1.807) is 12.4 Å². The van der Waals surface area contributed by atoms with E-state index in [-0.39, 0.29) is 6.61 Å². The Morgan fingerprint density at radius 1 is 1.18 bits per heavy atom. The van der Waals surface area contributed by atoms with Crippen molar-refractivity contribution in [3.8, 4) is 17.1 Å². The number of rotatable bonds is 4. The maximum Gasteiger partial charge on any atom is 0.159 e. The number of hydrogen-bond donors (Lipinski definition) is 0. The van der Waals surface area contributed by atoms with Crippen molar-refractivity contribution < 1.29 is 9.53 Å². The summed E-state index contributed by atoms with van der Waals surface area (Å²) >= 11 is 3.36. The Morgan fingerprint density at radius 2 is 1.82 bits per heavy atom. The number of aromatic nitrogens is 2. The third-order valence-corrected chi connectivity index (χ3v) is 2.58. The fourth-order valence-corrected chi connectivity index (χ4v) is 1.53. The zero-order chi connectivity index (χ0) is 12.1. The Hall–Kier alpha value is -1.75. The summed E-state index contributed by atoms with van der Waals surface area (Å²) in [6.45, 7) is 0.0149. The summed E-state index contributed by atoms with van der Waals surface area (Å²) in [5, 5.41) is 0. The normalized spacial score (nSPS) is 9.94. The zero-order valence-corrected chi connectivity index (χ0v) is 10.4. The lowest BCUT2D eigenvalue weighted by Crippen LogP contribution is -1.99. The van der Waals surface area contributed by atoms with Gasteiger partial charge in [-0.25, -0.2) is 9.97 Å². The maximum absolute atomic E-state index is 10.1. The molecule has 0 saturated carbocycles. The van der Waals surface area contributed by atoms with Gasteiger partial charge < -0.3 is 4.74 Å². The molecule has 0 amide bonds. The zero-order valence-electron chi connectivity index (χ0n) is 8.84. The van der Waals surface area contributed by atoms with Crippen LogP contribution in [0.4, 0.5) is 0 Å². The molecule has 2 aromatic rings. The average Bonchev–Trinajstić information content (AvgIpc) is 2.38. The minimum atomic E-state index is 0.0149. The van der Waals surface area contributed by atoms with E-state index in [4.69, 9.17) is 4.74 Å². The number of ether oxygens (including phenoxy) is 1. The predicted octanol–water partition coefficient (Wildman–Crippen LogP) is 2.48. The van der Waals surface area contributed by atoms with Crippen molar-refractivity contribution in [3.05, 3.63) is 41.1 Å². The first-order chi connectivity index (χ1) is 8.29. The lowest BCUT2D eigenvalue weighted by Gasteiger charge is -2.03. The van der Waals surface area contributed by atoms with Crippen LogP contribution >= 0.6 is 15.9 Å². The number of hydrogen-bond acceptors (Lipinski definition) is 4. The lowest BCUT2D eigenvalue weighted by atomic mass is 10.2. The fourth-order valence-electron chi connectivity index (χ4n) is 1.27. The Kier molecular flexibility index (Phi) is 3.82. The largest absolute Gasteiger partial charge is 0.483 e. The Balaban J connectivity index is 2.17. The molecular weight excluding hydrogens is 284 g/mol. The number of halogens is 1. The van der Waals surface area contributed by atoms with Crippen molar-refractivity contribution in [2.45, 2.75) is 0 Å². The molecule has 0 aliphatic carbocycles. The first-order valence-corrected chi connectivity index (χ1v) is 5.73. The average molecular weight is 293 g/mol. The smallest absolute Gasteiger partial charge is 0.159 e. The van der Waals surface area contributed by atoms with Gasteiger partial charge in [0.15, 0.2) is 17.9 Å². The van der Waals surface area contributed by atoms with Crippen molar-refractivity contribution in [1.29, 1.82) is 0 Å². The van der Waals surface area contributed by atoms with Crippen LogP contribution in [-0.2, 0) is 4.79 Å². The van der Waals surface area contributed by atoms with Crippen LogP contribution in [0.2, 0.25) is 0 Å². The van der Waals surface area contributed by atoms with Gasteiger partial charge in [-0.1, -0.05) is 28.1 Å². The maximum atomic E-state index is 10.1. The van der Waals surface area contributed by atoms with Crippen molar-refractivity contribution in [3.63, 3.8) is 0 Å². The third kappa shape index (κ3) is 3.10. The SMILES string of the molecule is O=CCOc1cnc(-c2ccc(Br)cc2)nc1. The van der Waals surface area contributed by atoms with Crippen LogP contribution in [0.15, 0.2) is 41.1 Å². The monoisotopic (exact) mass is 292 g/mol. The van der Waals surface area contributed by atoms with Gasteiger partial charge in [0, 0.05) is 10.0 Å². The summed E-state index contributed by atoms with van der Waals surface area (Å²) < 4.78 is 6.07. The molecule has 1 heterocycles. The molecule has 86 valence electrons. The van der Waals surface area contributed by atoms with E-state index < -0.39 is 0 Å². The molecule has 1 aromatic carbocycles. The fraction of sp³-hybridized carbons (Fsp3) is 0.0833. The minimum Gasteiger partial charge on any atom is -0.483 e. The summed E-state index contributed by atoms with van der Waals surface area (Å²) in [5.74, 6) is 1.11. The molecular formula is C12H9BrN2O2. The Bertz CT molecular complexity index is 497. The second-order valence-corrected chi connectivity index (χ2v) is 4.14. The molecule has 0 N–H and O–H groups in total. The molecule has 0 bridgehead atoms. The molecule has 0 atom stereocenters. The second kappa shape index (κ2) is 5.54. The molecule has 0 fully saturated rings. The van der Waals surface area contributed by atoms with Gasteiger partial charge in [0.25, 0.3) is 0 Å². The predicted molar refractivity (Wildman–Crippen MR) is 66.7 cm³/mol. The van der Waals surface area contributed by atoms with Gasteiger partial charge in [-0.3, -0.25) is 4.79 Å². The standard InChI is InChI=1S/C12H9BrN2O2/c13-10-3-1-9(2-4-10)12-14-7-11(8-15-12)17-6-5-16/h1-5,7-8H,6H2. The number of benzene rings is 1. The van der Waals surface area contributed by atoms with Gasteiger partial charge in [-0.05, 0) is 12.1 Å². The highest BCUT2D eigenvalue weighted by Crippen LogP contribution is 2.19. The van der Waals surface area contributed by atoms with Crippen LogP contribution < -0.4 is 4.74 Å². The van der Waals surface area contributed by atoms with E-state index >= 15 is 0 Å². The van der Waals surface area contributed by atoms with E-state index in [1.165, 1.54) is 0 Å². The molecule has 0 unspecified atom stereocenters. The summed E-state index contributed by atoms with van der Waals surface area (Å²) in [7, 11) is 0. The molecule has 1 aromatic heterocycles. The van der Waals surface area contributed by atoms with Crippen LogP contribution in [0.3, 0.4) is 0 Å². The van der Waals surface area contributed by atoms with E-state index in [2.05, 4.69) is 25.9 Å².